The number of hydrogen-bond donors (Lipinski definition) is 1. The molecule has 2 aromatic rings. The van der Waals surface area contributed by atoms with Crippen molar-refractivity contribution in [2.45, 2.75) is 33.1 Å². The second kappa shape index (κ2) is 9.17. The molecule has 148 valence electrons. The van der Waals surface area contributed by atoms with Gasteiger partial charge in [-0.1, -0.05) is 45.0 Å². The molecule has 0 saturated carbocycles. The molecule has 2 aromatic carbocycles. The molecule has 0 radical (unpaired) electrons. The van der Waals surface area contributed by atoms with Gasteiger partial charge in [0.15, 0.2) is 6.61 Å². The predicted molar refractivity (Wildman–Crippen MR) is 109 cm³/mol. The number of benzene rings is 2. The van der Waals surface area contributed by atoms with E-state index in [0.717, 1.165) is 11.1 Å². The van der Waals surface area contributed by atoms with Gasteiger partial charge in [0, 0.05) is 0 Å². The Morgan fingerprint density at radius 3 is 2.36 bits per heavy atom. The van der Waals surface area contributed by atoms with E-state index in [1.54, 1.807) is 24.3 Å². The molecule has 0 spiro atoms. The number of nitrogens with one attached hydrogen (secondary N) is 1. The monoisotopic (exact) mass is 382 g/mol. The third-order valence-corrected chi connectivity index (χ3v) is 4.13. The maximum absolute atomic E-state index is 11.9. The molecule has 0 saturated heterocycles. The Balaban J connectivity index is 1.86. The van der Waals surface area contributed by atoms with Crippen molar-refractivity contribution < 1.29 is 19.1 Å². The summed E-state index contributed by atoms with van der Waals surface area (Å²) in [5.74, 6) is -0.0907. The van der Waals surface area contributed by atoms with Gasteiger partial charge in [-0.15, -0.1) is 0 Å². The summed E-state index contributed by atoms with van der Waals surface area (Å²) >= 11 is 0. The Bertz CT molecular complexity index is 865. The quantitative estimate of drug-likeness (QED) is 0.470. The molecule has 0 aliphatic heterocycles. The van der Waals surface area contributed by atoms with E-state index >= 15 is 0 Å². The number of ether oxygens (including phenoxy) is 2. The van der Waals surface area contributed by atoms with Crippen LogP contribution in [0.3, 0.4) is 0 Å². The van der Waals surface area contributed by atoms with Gasteiger partial charge in [0.2, 0.25) is 0 Å². The molecule has 0 heterocycles. The average molecular weight is 382 g/mol. The van der Waals surface area contributed by atoms with Crippen LogP contribution in [-0.4, -0.2) is 31.8 Å². The summed E-state index contributed by atoms with van der Waals surface area (Å²) in [6.45, 7) is 8.27. The Morgan fingerprint density at radius 2 is 1.79 bits per heavy atom. The number of methoxy groups -OCH3 is 1. The Morgan fingerprint density at radius 1 is 1.11 bits per heavy atom. The summed E-state index contributed by atoms with van der Waals surface area (Å²) in [4.78, 5) is 23.3. The first kappa shape index (κ1) is 21.2. The number of esters is 1. The van der Waals surface area contributed by atoms with E-state index in [0.29, 0.717) is 11.3 Å². The van der Waals surface area contributed by atoms with Crippen molar-refractivity contribution in [2.75, 3.05) is 13.7 Å². The van der Waals surface area contributed by atoms with E-state index in [1.807, 2.05) is 19.1 Å². The van der Waals surface area contributed by atoms with Crippen molar-refractivity contribution in [3.8, 4) is 5.75 Å². The van der Waals surface area contributed by atoms with Gasteiger partial charge in [0.1, 0.15) is 5.75 Å². The number of carbonyl (C=O) groups excluding carboxylic acids is 2. The number of hydrazone groups is 1. The zero-order chi connectivity index (χ0) is 20.7. The molecule has 1 N–H and O–H groups in total. The highest BCUT2D eigenvalue weighted by molar-refractivity contribution is 5.90. The SMILES string of the molecule is COC(=O)c1ccc(/C=N\NC(=O)COc2ccc(C(C)(C)C)cc2C)cc1. The molecule has 1 amide bonds. The van der Waals surface area contributed by atoms with E-state index in [1.165, 1.54) is 18.9 Å². The lowest BCUT2D eigenvalue weighted by molar-refractivity contribution is -0.123. The first-order valence-corrected chi connectivity index (χ1v) is 8.95. The molecule has 28 heavy (non-hydrogen) atoms. The summed E-state index contributed by atoms with van der Waals surface area (Å²) in [6.07, 6.45) is 1.49. The first-order chi connectivity index (χ1) is 13.2. The lowest BCUT2D eigenvalue weighted by Gasteiger charge is -2.20. The molecule has 0 aliphatic rings. The van der Waals surface area contributed by atoms with Gasteiger partial charge in [-0.3, -0.25) is 4.79 Å². The van der Waals surface area contributed by atoms with Crippen LogP contribution < -0.4 is 10.2 Å². The summed E-state index contributed by atoms with van der Waals surface area (Å²) < 4.78 is 10.2. The van der Waals surface area contributed by atoms with E-state index < -0.39 is 5.97 Å². The van der Waals surface area contributed by atoms with Gasteiger partial charge >= 0.3 is 5.97 Å². The molecule has 6 heteroatoms. The Hall–Kier alpha value is -3.15. The van der Waals surface area contributed by atoms with E-state index in [9.17, 15) is 9.59 Å². The lowest BCUT2D eigenvalue weighted by Crippen LogP contribution is -2.24. The highest BCUT2D eigenvalue weighted by Crippen LogP contribution is 2.27. The van der Waals surface area contributed by atoms with Crippen molar-refractivity contribution in [1.29, 1.82) is 0 Å². The summed E-state index contributed by atoms with van der Waals surface area (Å²) in [5.41, 5.74) is 5.86. The van der Waals surface area contributed by atoms with Gasteiger partial charge in [-0.25, -0.2) is 10.2 Å². The van der Waals surface area contributed by atoms with Crippen LogP contribution in [0.1, 0.15) is 47.8 Å². The molecule has 0 fully saturated rings. The fourth-order valence-electron chi connectivity index (χ4n) is 2.46. The molecular weight excluding hydrogens is 356 g/mol. The van der Waals surface area contributed by atoms with Gasteiger partial charge in [-0.05, 0) is 47.2 Å². The smallest absolute Gasteiger partial charge is 0.337 e. The van der Waals surface area contributed by atoms with Crippen molar-refractivity contribution >= 4 is 18.1 Å². The van der Waals surface area contributed by atoms with E-state index in [4.69, 9.17) is 4.74 Å². The minimum absolute atomic E-state index is 0.0600. The van der Waals surface area contributed by atoms with Crippen LogP contribution in [0.4, 0.5) is 0 Å². The second-order valence-electron chi connectivity index (χ2n) is 7.43. The number of carbonyl (C=O) groups is 2. The molecule has 0 aliphatic carbocycles. The van der Waals surface area contributed by atoms with Crippen LogP contribution in [0, 0.1) is 6.92 Å². The largest absolute Gasteiger partial charge is 0.483 e. The highest BCUT2D eigenvalue weighted by Gasteiger charge is 2.15. The van der Waals surface area contributed by atoms with Crippen LogP contribution in [0.2, 0.25) is 0 Å². The number of nitrogens with zero attached hydrogens (tertiary/aromatic N) is 1. The van der Waals surface area contributed by atoms with Gasteiger partial charge < -0.3 is 9.47 Å². The van der Waals surface area contributed by atoms with Gasteiger partial charge in [-0.2, -0.15) is 5.10 Å². The van der Waals surface area contributed by atoms with Crippen molar-refractivity contribution in [1.82, 2.24) is 5.43 Å². The molecule has 6 nitrogen and oxygen atoms in total. The van der Waals surface area contributed by atoms with E-state index in [2.05, 4.69) is 42.1 Å². The molecule has 0 unspecified atom stereocenters. The van der Waals surface area contributed by atoms with Crippen LogP contribution in [0.15, 0.2) is 47.6 Å². The Kier molecular flexibility index (Phi) is 6.93. The zero-order valence-corrected chi connectivity index (χ0v) is 16.9. The molecule has 0 atom stereocenters. The number of amides is 1. The molecule has 2 rings (SSSR count). The number of rotatable bonds is 6. The van der Waals surface area contributed by atoms with Gasteiger partial charge in [0.05, 0.1) is 18.9 Å². The van der Waals surface area contributed by atoms with Crippen LogP contribution >= 0.6 is 0 Å². The highest BCUT2D eigenvalue weighted by atomic mass is 16.5. The molecular formula is C22H26N2O4. The third-order valence-electron chi connectivity index (χ3n) is 4.13. The maximum atomic E-state index is 11.9. The first-order valence-electron chi connectivity index (χ1n) is 8.95. The third kappa shape index (κ3) is 5.94. The maximum Gasteiger partial charge on any atom is 0.337 e. The van der Waals surface area contributed by atoms with Crippen LogP contribution in [-0.2, 0) is 14.9 Å². The van der Waals surface area contributed by atoms with Crippen molar-refractivity contribution in [3.05, 3.63) is 64.7 Å². The fraction of sp³-hybridized carbons (Fsp3) is 0.318. The predicted octanol–water partition coefficient (Wildman–Crippen LogP) is 3.61. The average Bonchev–Trinajstić information content (AvgIpc) is 2.66. The number of aryl methyl sites for hydroxylation is 1. The standard InChI is InChI=1S/C22H26N2O4/c1-15-12-18(22(2,3)4)10-11-19(15)28-14-20(25)24-23-13-16-6-8-17(9-7-16)21(26)27-5/h6-13H,14H2,1-5H3,(H,24,25)/b23-13-. The second-order valence-corrected chi connectivity index (χ2v) is 7.43. The van der Waals surface area contributed by atoms with Crippen LogP contribution in [0.25, 0.3) is 0 Å². The van der Waals surface area contributed by atoms with Gasteiger partial charge in [0.25, 0.3) is 5.91 Å². The molecule has 0 bridgehead atoms. The number of hydrogen-bond acceptors (Lipinski definition) is 5. The molecule has 0 aromatic heterocycles. The Labute approximate surface area is 165 Å². The topological polar surface area (TPSA) is 77.0 Å². The zero-order valence-electron chi connectivity index (χ0n) is 16.9. The fourth-order valence-corrected chi connectivity index (χ4v) is 2.46. The lowest BCUT2D eigenvalue weighted by atomic mass is 9.86. The minimum Gasteiger partial charge on any atom is -0.483 e. The van der Waals surface area contributed by atoms with Crippen molar-refractivity contribution in [2.24, 2.45) is 5.10 Å². The van der Waals surface area contributed by atoms with Crippen LogP contribution in [0.5, 0.6) is 5.75 Å². The normalized spacial score (nSPS) is 11.3. The summed E-state index contributed by atoms with van der Waals surface area (Å²) in [7, 11) is 1.33. The van der Waals surface area contributed by atoms with Crippen molar-refractivity contribution in [3.63, 3.8) is 0 Å². The van der Waals surface area contributed by atoms with E-state index in [-0.39, 0.29) is 17.9 Å². The summed E-state index contributed by atoms with van der Waals surface area (Å²) in [5, 5.41) is 3.90. The summed E-state index contributed by atoms with van der Waals surface area (Å²) in [6, 6.07) is 12.6. The minimum atomic E-state index is -0.403.